The number of para-hydroxylation sites is 1. The Morgan fingerprint density at radius 2 is 1.81 bits per heavy atom. The maximum Gasteiger partial charge on any atom is 0.128 e. The summed E-state index contributed by atoms with van der Waals surface area (Å²) < 4.78 is 29.1. The molecule has 4 heteroatoms. The van der Waals surface area contributed by atoms with Crippen molar-refractivity contribution in [1.82, 2.24) is 4.57 Å². The Hall–Kier alpha value is -2.20. The second-order valence-electron chi connectivity index (χ2n) is 5.07. The number of nitrogens with two attached hydrogens (primary N) is 1. The van der Waals surface area contributed by atoms with E-state index >= 15 is 0 Å². The molecule has 0 atom stereocenters. The Balaban J connectivity index is 2.06. The van der Waals surface area contributed by atoms with E-state index in [2.05, 4.69) is 0 Å². The van der Waals surface area contributed by atoms with Crippen LogP contribution < -0.4 is 5.73 Å². The third-order valence-electron chi connectivity index (χ3n) is 3.63. The lowest BCUT2D eigenvalue weighted by molar-refractivity contribution is 0.579. The maximum absolute atomic E-state index is 13.8. The van der Waals surface area contributed by atoms with Crippen LogP contribution in [0.15, 0.2) is 48.7 Å². The van der Waals surface area contributed by atoms with Gasteiger partial charge in [-0.2, -0.15) is 0 Å². The largest absolute Gasteiger partial charge is 0.343 e. The van der Waals surface area contributed by atoms with E-state index in [0.29, 0.717) is 18.7 Å². The summed E-state index contributed by atoms with van der Waals surface area (Å²) in [4.78, 5) is 0. The van der Waals surface area contributed by atoms with Crippen molar-refractivity contribution in [2.45, 2.75) is 13.0 Å². The van der Waals surface area contributed by atoms with Gasteiger partial charge in [-0.25, -0.2) is 8.78 Å². The molecule has 3 aromatic rings. The van der Waals surface area contributed by atoms with E-state index in [0.717, 1.165) is 35.0 Å². The lowest BCUT2D eigenvalue weighted by Gasteiger charge is -2.07. The molecular weight excluding hydrogens is 270 g/mol. The van der Waals surface area contributed by atoms with Crippen molar-refractivity contribution in [2.75, 3.05) is 6.54 Å². The highest BCUT2D eigenvalue weighted by Gasteiger charge is 2.10. The van der Waals surface area contributed by atoms with Crippen molar-refractivity contribution in [2.24, 2.45) is 5.73 Å². The second kappa shape index (κ2) is 5.66. The van der Waals surface area contributed by atoms with Gasteiger partial charge in [0.2, 0.25) is 0 Å². The highest BCUT2D eigenvalue weighted by Crippen LogP contribution is 2.23. The molecule has 108 valence electrons. The summed E-state index contributed by atoms with van der Waals surface area (Å²) in [6, 6.07) is 11.4. The molecule has 3 rings (SSSR count). The van der Waals surface area contributed by atoms with Crippen molar-refractivity contribution >= 4 is 10.9 Å². The molecule has 0 amide bonds. The van der Waals surface area contributed by atoms with Crippen LogP contribution in [0.2, 0.25) is 0 Å². The summed E-state index contributed by atoms with van der Waals surface area (Å²) in [5.74, 6) is -0.820. The van der Waals surface area contributed by atoms with E-state index in [1.807, 2.05) is 35.0 Å². The van der Waals surface area contributed by atoms with Crippen LogP contribution in [-0.2, 0) is 13.0 Å². The van der Waals surface area contributed by atoms with Crippen LogP contribution in [-0.4, -0.2) is 11.1 Å². The minimum Gasteiger partial charge on any atom is -0.343 e. The third-order valence-corrected chi connectivity index (χ3v) is 3.63. The molecule has 0 bridgehead atoms. The number of halogens is 2. The Labute approximate surface area is 121 Å². The predicted octanol–water partition coefficient (Wildman–Crippen LogP) is 3.47. The van der Waals surface area contributed by atoms with Gasteiger partial charge in [-0.15, -0.1) is 0 Å². The van der Waals surface area contributed by atoms with Gasteiger partial charge in [-0.1, -0.05) is 18.2 Å². The van der Waals surface area contributed by atoms with E-state index in [-0.39, 0.29) is 0 Å². The topological polar surface area (TPSA) is 30.9 Å². The molecule has 1 aromatic heterocycles. The highest BCUT2D eigenvalue weighted by molar-refractivity contribution is 5.84. The molecule has 0 aliphatic carbocycles. The maximum atomic E-state index is 13.8. The standard InChI is InChI=1S/C17H16F2N2/c18-14-5-6-16(19)13(9-14)11-21-10-12(7-8-20)15-3-1-2-4-17(15)21/h1-6,9-10H,7-8,11,20H2. The van der Waals surface area contributed by atoms with Crippen LogP contribution >= 0.6 is 0 Å². The number of benzene rings is 2. The molecule has 0 aliphatic rings. The minimum atomic E-state index is -0.426. The highest BCUT2D eigenvalue weighted by atomic mass is 19.1. The van der Waals surface area contributed by atoms with Crippen LogP contribution in [0.1, 0.15) is 11.1 Å². The van der Waals surface area contributed by atoms with Gasteiger partial charge in [0.05, 0.1) is 6.54 Å². The van der Waals surface area contributed by atoms with Crippen LogP contribution in [0.5, 0.6) is 0 Å². The van der Waals surface area contributed by atoms with E-state index in [1.54, 1.807) is 0 Å². The molecule has 0 saturated carbocycles. The molecule has 2 aromatic carbocycles. The van der Waals surface area contributed by atoms with Crippen LogP contribution in [0.4, 0.5) is 8.78 Å². The van der Waals surface area contributed by atoms with Gasteiger partial charge >= 0.3 is 0 Å². The average molecular weight is 286 g/mol. The van der Waals surface area contributed by atoms with Gasteiger partial charge in [0.1, 0.15) is 11.6 Å². The van der Waals surface area contributed by atoms with Gasteiger partial charge in [0, 0.05) is 22.7 Å². The normalized spacial score (nSPS) is 11.2. The number of aromatic nitrogens is 1. The summed E-state index contributed by atoms with van der Waals surface area (Å²) in [6.45, 7) is 0.858. The van der Waals surface area contributed by atoms with Gasteiger partial charge in [-0.05, 0) is 42.8 Å². The molecule has 0 unspecified atom stereocenters. The van der Waals surface area contributed by atoms with Crippen molar-refractivity contribution in [3.63, 3.8) is 0 Å². The van der Waals surface area contributed by atoms with E-state index in [9.17, 15) is 8.78 Å². The first-order valence-electron chi connectivity index (χ1n) is 6.90. The Kier molecular flexibility index (Phi) is 3.71. The molecule has 0 saturated heterocycles. The minimum absolute atomic E-state index is 0.300. The third kappa shape index (κ3) is 2.67. The van der Waals surface area contributed by atoms with Crippen LogP contribution in [0.3, 0.4) is 0 Å². The van der Waals surface area contributed by atoms with E-state index in [4.69, 9.17) is 5.73 Å². The van der Waals surface area contributed by atoms with E-state index in [1.165, 1.54) is 6.07 Å². The fraction of sp³-hybridized carbons (Fsp3) is 0.176. The zero-order chi connectivity index (χ0) is 14.8. The Morgan fingerprint density at radius 3 is 2.62 bits per heavy atom. The van der Waals surface area contributed by atoms with Crippen LogP contribution in [0, 0.1) is 11.6 Å². The molecular formula is C17H16F2N2. The SMILES string of the molecule is NCCc1cn(Cc2cc(F)ccc2F)c2ccccc12. The number of hydrogen-bond acceptors (Lipinski definition) is 1. The first kappa shape index (κ1) is 13.8. The number of rotatable bonds is 4. The van der Waals surface area contributed by atoms with Crippen molar-refractivity contribution in [3.05, 3.63) is 71.4 Å². The number of hydrogen-bond donors (Lipinski definition) is 1. The molecule has 0 spiro atoms. The summed E-state index contributed by atoms with van der Waals surface area (Å²) in [7, 11) is 0. The summed E-state index contributed by atoms with van der Waals surface area (Å²) in [5, 5.41) is 1.11. The van der Waals surface area contributed by atoms with Gasteiger partial charge in [-0.3, -0.25) is 0 Å². The number of nitrogens with zero attached hydrogens (tertiary/aromatic N) is 1. The quantitative estimate of drug-likeness (QED) is 0.782. The lowest BCUT2D eigenvalue weighted by atomic mass is 10.1. The van der Waals surface area contributed by atoms with Gasteiger partial charge in [0.25, 0.3) is 0 Å². The van der Waals surface area contributed by atoms with Crippen molar-refractivity contribution in [3.8, 4) is 0 Å². The summed E-state index contributed by atoms with van der Waals surface area (Å²) in [6.07, 6.45) is 2.74. The Morgan fingerprint density at radius 1 is 1.00 bits per heavy atom. The Bertz CT molecular complexity index is 778. The summed E-state index contributed by atoms with van der Waals surface area (Å²) >= 11 is 0. The molecule has 2 nitrogen and oxygen atoms in total. The second-order valence-corrected chi connectivity index (χ2v) is 5.07. The van der Waals surface area contributed by atoms with Crippen molar-refractivity contribution in [1.29, 1.82) is 0 Å². The summed E-state index contributed by atoms with van der Waals surface area (Å²) in [5.41, 5.74) is 8.11. The fourth-order valence-corrected chi connectivity index (χ4v) is 2.66. The zero-order valence-electron chi connectivity index (χ0n) is 11.5. The molecule has 0 aliphatic heterocycles. The molecule has 2 N–H and O–H groups in total. The van der Waals surface area contributed by atoms with Crippen LogP contribution in [0.25, 0.3) is 10.9 Å². The average Bonchev–Trinajstić information content (AvgIpc) is 2.82. The number of fused-ring (bicyclic) bond motifs is 1. The molecule has 0 radical (unpaired) electrons. The van der Waals surface area contributed by atoms with Gasteiger partial charge < -0.3 is 10.3 Å². The lowest BCUT2D eigenvalue weighted by Crippen LogP contribution is -2.03. The smallest absolute Gasteiger partial charge is 0.128 e. The molecule has 0 fully saturated rings. The zero-order valence-corrected chi connectivity index (χ0v) is 11.5. The van der Waals surface area contributed by atoms with Crippen molar-refractivity contribution < 1.29 is 8.78 Å². The molecule has 1 heterocycles. The fourth-order valence-electron chi connectivity index (χ4n) is 2.66. The predicted molar refractivity (Wildman–Crippen MR) is 80.2 cm³/mol. The first-order valence-corrected chi connectivity index (χ1v) is 6.90. The van der Waals surface area contributed by atoms with Gasteiger partial charge in [0.15, 0.2) is 0 Å². The first-order chi connectivity index (χ1) is 10.2. The van der Waals surface area contributed by atoms with E-state index < -0.39 is 11.6 Å². The molecule has 21 heavy (non-hydrogen) atoms. The monoisotopic (exact) mass is 286 g/mol.